The maximum Gasteiger partial charge on any atom is 0.262 e. The Hall–Kier alpha value is -2.17. The van der Waals surface area contributed by atoms with Crippen molar-refractivity contribution in [3.05, 3.63) is 64.9 Å². The highest BCUT2D eigenvalue weighted by molar-refractivity contribution is 7.92. The van der Waals surface area contributed by atoms with Gasteiger partial charge in [0.05, 0.1) is 5.69 Å². The van der Waals surface area contributed by atoms with E-state index in [1.165, 1.54) is 16.7 Å². The summed E-state index contributed by atoms with van der Waals surface area (Å²) < 4.78 is 18.9. The van der Waals surface area contributed by atoms with E-state index in [4.69, 9.17) is 4.42 Å². The molecule has 0 aliphatic carbocycles. The van der Waals surface area contributed by atoms with Gasteiger partial charge in [-0.3, -0.25) is 4.90 Å². The van der Waals surface area contributed by atoms with E-state index in [9.17, 15) is 4.55 Å². The van der Waals surface area contributed by atoms with Crippen molar-refractivity contribution < 1.29 is 8.97 Å². The topological polar surface area (TPSA) is 39.4 Å². The molecule has 2 heterocycles. The van der Waals surface area contributed by atoms with Gasteiger partial charge in [0, 0.05) is 17.2 Å². The van der Waals surface area contributed by atoms with Gasteiger partial charge in [-0.25, -0.2) is 0 Å². The third-order valence-electron chi connectivity index (χ3n) is 4.37. The third-order valence-corrected chi connectivity index (χ3v) is 5.81. The Morgan fingerprint density at radius 3 is 2.29 bits per heavy atom. The molecule has 1 atom stereocenters. The number of para-hydroxylation sites is 1. The van der Waals surface area contributed by atoms with Crippen LogP contribution in [0.2, 0.25) is 0 Å². The van der Waals surface area contributed by atoms with Gasteiger partial charge in [0.25, 0.3) is 5.88 Å². The van der Waals surface area contributed by atoms with Crippen molar-refractivity contribution in [2.24, 2.45) is 0 Å². The molecule has 1 aliphatic rings. The van der Waals surface area contributed by atoms with E-state index in [-0.39, 0.29) is 0 Å². The van der Waals surface area contributed by atoms with Crippen molar-refractivity contribution in [2.45, 2.75) is 37.5 Å². The molecule has 1 unspecified atom stereocenters. The van der Waals surface area contributed by atoms with Gasteiger partial charge >= 0.3 is 0 Å². The summed E-state index contributed by atoms with van der Waals surface area (Å²) in [6.45, 7) is 8.22. The third kappa shape index (κ3) is 2.18. The zero-order valence-electron chi connectivity index (χ0n) is 14.2. The fraction of sp³-hybridized carbons (Fsp3) is 0.200. The SMILES string of the molecule is Cc1cc(C)c(N2c3ccccc3[S+]([O-])c3cc(C)oc32)c(C)c1. The van der Waals surface area contributed by atoms with E-state index >= 15 is 0 Å². The molecule has 0 saturated heterocycles. The van der Waals surface area contributed by atoms with Crippen LogP contribution in [0.3, 0.4) is 0 Å². The van der Waals surface area contributed by atoms with Crippen LogP contribution in [0.4, 0.5) is 17.3 Å². The normalized spacial score (nSPS) is 16.0. The summed E-state index contributed by atoms with van der Waals surface area (Å²) >= 11 is -1.22. The van der Waals surface area contributed by atoms with Crippen LogP contribution in [0.15, 0.2) is 56.7 Å². The summed E-state index contributed by atoms with van der Waals surface area (Å²) in [5, 5.41) is 0. The number of aryl methyl sites for hydroxylation is 4. The summed E-state index contributed by atoms with van der Waals surface area (Å²) in [4.78, 5) is 3.68. The Kier molecular flexibility index (Phi) is 3.48. The molecule has 1 aromatic heterocycles. The van der Waals surface area contributed by atoms with Gasteiger partial charge in [0.1, 0.15) is 11.4 Å². The van der Waals surface area contributed by atoms with Crippen LogP contribution in [0.5, 0.6) is 0 Å². The molecule has 4 heteroatoms. The van der Waals surface area contributed by atoms with E-state index in [0.717, 1.165) is 26.9 Å². The molecule has 2 aromatic carbocycles. The van der Waals surface area contributed by atoms with Crippen molar-refractivity contribution in [3.63, 3.8) is 0 Å². The predicted octanol–water partition coefficient (Wildman–Crippen LogP) is 5.46. The number of hydrogen-bond donors (Lipinski definition) is 0. The number of benzene rings is 2. The van der Waals surface area contributed by atoms with E-state index < -0.39 is 11.2 Å². The predicted molar refractivity (Wildman–Crippen MR) is 97.0 cm³/mol. The van der Waals surface area contributed by atoms with E-state index in [2.05, 4.69) is 37.8 Å². The first-order valence-corrected chi connectivity index (χ1v) is 9.11. The van der Waals surface area contributed by atoms with Crippen LogP contribution >= 0.6 is 0 Å². The number of furan rings is 1. The summed E-state index contributed by atoms with van der Waals surface area (Å²) in [6.07, 6.45) is 0. The number of hydrogen-bond acceptors (Lipinski definition) is 3. The first kappa shape index (κ1) is 15.4. The van der Waals surface area contributed by atoms with Crippen molar-refractivity contribution in [1.82, 2.24) is 0 Å². The lowest BCUT2D eigenvalue weighted by Crippen LogP contribution is -2.22. The number of rotatable bonds is 1. The summed E-state index contributed by atoms with van der Waals surface area (Å²) in [7, 11) is 0. The second-order valence-electron chi connectivity index (χ2n) is 6.35. The van der Waals surface area contributed by atoms with Crippen LogP contribution in [0.1, 0.15) is 22.5 Å². The average Bonchev–Trinajstić information content (AvgIpc) is 2.91. The van der Waals surface area contributed by atoms with E-state index in [0.29, 0.717) is 5.88 Å². The molecular weight excluding hydrogens is 318 g/mol. The molecule has 4 rings (SSSR count). The number of fused-ring (bicyclic) bond motifs is 2. The highest BCUT2D eigenvalue weighted by atomic mass is 32.2. The molecule has 1 aliphatic heterocycles. The van der Waals surface area contributed by atoms with Gasteiger partial charge in [-0.2, -0.15) is 0 Å². The summed E-state index contributed by atoms with van der Waals surface area (Å²) in [5.41, 5.74) is 5.61. The molecule has 0 amide bonds. The van der Waals surface area contributed by atoms with Crippen molar-refractivity contribution in [2.75, 3.05) is 4.90 Å². The van der Waals surface area contributed by atoms with Crippen LogP contribution in [0.25, 0.3) is 0 Å². The lowest BCUT2D eigenvalue weighted by molar-refractivity contribution is 0.532. The zero-order valence-corrected chi connectivity index (χ0v) is 15.0. The average molecular weight is 337 g/mol. The molecule has 0 N–H and O–H groups in total. The molecule has 0 fully saturated rings. The summed E-state index contributed by atoms with van der Waals surface area (Å²) in [6, 6.07) is 14.1. The van der Waals surface area contributed by atoms with Gasteiger partial charge in [0.15, 0.2) is 4.90 Å². The first-order valence-electron chi connectivity index (χ1n) is 7.96. The smallest absolute Gasteiger partial charge is 0.262 e. The monoisotopic (exact) mass is 337 g/mol. The maximum atomic E-state index is 12.9. The highest BCUT2D eigenvalue weighted by Gasteiger charge is 2.38. The zero-order chi connectivity index (χ0) is 17.0. The fourth-order valence-corrected chi connectivity index (χ4v) is 4.89. The van der Waals surface area contributed by atoms with Gasteiger partial charge in [-0.1, -0.05) is 29.8 Å². The lowest BCUT2D eigenvalue weighted by atomic mass is 10.0. The van der Waals surface area contributed by atoms with Crippen molar-refractivity contribution >= 4 is 28.4 Å². The molecule has 24 heavy (non-hydrogen) atoms. The maximum absolute atomic E-state index is 12.9. The van der Waals surface area contributed by atoms with Crippen molar-refractivity contribution in [1.29, 1.82) is 0 Å². The molecular formula is C20H19NO2S. The Balaban J connectivity index is 2.05. The second kappa shape index (κ2) is 5.43. The molecule has 3 nitrogen and oxygen atoms in total. The Bertz CT molecular complexity index is 922. The van der Waals surface area contributed by atoms with Gasteiger partial charge in [-0.15, -0.1) is 0 Å². The van der Waals surface area contributed by atoms with Crippen molar-refractivity contribution in [3.8, 4) is 0 Å². The Labute approximate surface area is 145 Å². The number of anilines is 3. The standard InChI is InChI=1S/C20H19NO2S/c1-12-9-13(2)19(14(3)10-12)21-16-7-5-6-8-17(16)24(22)18-11-15(4)23-20(18)21/h5-11H,1-4H3. The molecule has 0 saturated carbocycles. The van der Waals surface area contributed by atoms with E-state index in [1.807, 2.05) is 37.3 Å². The van der Waals surface area contributed by atoms with E-state index in [1.54, 1.807) is 0 Å². The summed E-state index contributed by atoms with van der Waals surface area (Å²) in [5.74, 6) is 1.44. The molecule has 0 bridgehead atoms. The van der Waals surface area contributed by atoms with Gasteiger partial charge < -0.3 is 8.97 Å². The molecule has 122 valence electrons. The van der Waals surface area contributed by atoms with Crippen LogP contribution in [-0.2, 0) is 11.2 Å². The molecule has 0 radical (unpaired) electrons. The van der Waals surface area contributed by atoms with Crippen LogP contribution < -0.4 is 4.90 Å². The minimum atomic E-state index is -1.22. The minimum Gasteiger partial charge on any atom is -0.606 e. The largest absolute Gasteiger partial charge is 0.606 e. The Morgan fingerprint density at radius 1 is 0.917 bits per heavy atom. The lowest BCUT2D eigenvalue weighted by Gasteiger charge is -2.31. The van der Waals surface area contributed by atoms with Crippen LogP contribution in [-0.4, -0.2) is 4.55 Å². The van der Waals surface area contributed by atoms with Gasteiger partial charge in [0.2, 0.25) is 4.90 Å². The minimum absolute atomic E-state index is 0.666. The quantitative estimate of drug-likeness (QED) is 0.553. The number of nitrogens with zero attached hydrogens (tertiary/aromatic N) is 1. The van der Waals surface area contributed by atoms with Crippen LogP contribution in [0, 0.1) is 27.7 Å². The molecule has 3 aromatic rings. The second-order valence-corrected chi connectivity index (χ2v) is 7.76. The highest BCUT2D eigenvalue weighted by Crippen LogP contribution is 2.50. The van der Waals surface area contributed by atoms with Gasteiger partial charge in [-0.05, 0) is 51.0 Å². The fourth-order valence-electron chi connectivity index (χ4n) is 3.54. The first-order chi connectivity index (χ1) is 11.5. The Morgan fingerprint density at radius 2 is 1.58 bits per heavy atom. The molecule has 0 spiro atoms.